The predicted octanol–water partition coefficient (Wildman–Crippen LogP) is 5.00. The van der Waals surface area contributed by atoms with Gasteiger partial charge >= 0.3 is 5.97 Å². The van der Waals surface area contributed by atoms with Crippen molar-refractivity contribution in [3.8, 4) is 23.3 Å². The lowest BCUT2D eigenvalue weighted by Crippen LogP contribution is -2.21. The van der Waals surface area contributed by atoms with Gasteiger partial charge in [0.1, 0.15) is 35.5 Å². The van der Waals surface area contributed by atoms with E-state index in [-0.39, 0.29) is 5.88 Å². The number of nitrogens with zero attached hydrogens (tertiary/aromatic N) is 1. The van der Waals surface area contributed by atoms with Crippen LogP contribution in [0.4, 0.5) is 0 Å². The van der Waals surface area contributed by atoms with E-state index >= 15 is 0 Å². The van der Waals surface area contributed by atoms with E-state index in [2.05, 4.69) is 12.6 Å². The quantitative estimate of drug-likeness (QED) is 0.331. The molecule has 33 heavy (non-hydrogen) atoms. The highest BCUT2D eigenvalue weighted by Crippen LogP contribution is 2.43. The first-order chi connectivity index (χ1) is 16.0. The van der Waals surface area contributed by atoms with Crippen molar-refractivity contribution in [2.75, 3.05) is 6.61 Å². The van der Waals surface area contributed by atoms with Crippen LogP contribution in [0.25, 0.3) is 0 Å². The molecule has 0 fully saturated rings. The van der Waals surface area contributed by atoms with Gasteiger partial charge in [0, 0.05) is 11.6 Å². The Bertz CT molecular complexity index is 1270. The van der Waals surface area contributed by atoms with Crippen LogP contribution in [-0.4, -0.2) is 12.6 Å². The molecule has 3 aromatic carbocycles. The molecule has 4 rings (SSSR count). The van der Waals surface area contributed by atoms with Crippen molar-refractivity contribution in [1.82, 2.24) is 0 Å². The van der Waals surface area contributed by atoms with Gasteiger partial charge in [-0.25, -0.2) is 4.79 Å². The summed E-state index contributed by atoms with van der Waals surface area (Å²) in [5.41, 5.74) is 9.49. The summed E-state index contributed by atoms with van der Waals surface area (Å²) in [7, 11) is 0. The number of nitriles is 1. The molecule has 0 amide bonds. The molecule has 0 saturated heterocycles. The molecule has 1 unspecified atom stereocenters. The number of benzene rings is 3. The maximum Gasteiger partial charge on any atom is 0.343 e. The van der Waals surface area contributed by atoms with Gasteiger partial charge in [-0.1, -0.05) is 48.6 Å². The molecular formula is C27H22N2O4. The zero-order chi connectivity index (χ0) is 23.4. The first-order valence-electron chi connectivity index (χ1n) is 10.3. The zero-order valence-corrected chi connectivity index (χ0v) is 18.1. The molecule has 1 atom stereocenters. The average molecular weight is 438 g/mol. The molecule has 164 valence electrons. The van der Waals surface area contributed by atoms with Crippen LogP contribution in [0.5, 0.6) is 17.2 Å². The second-order valence-electron chi connectivity index (χ2n) is 7.55. The van der Waals surface area contributed by atoms with Crippen LogP contribution in [0.2, 0.25) is 0 Å². The van der Waals surface area contributed by atoms with E-state index in [0.717, 1.165) is 16.7 Å². The summed E-state index contributed by atoms with van der Waals surface area (Å²) < 4.78 is 16.8. The van der Waals surface area contributed by atoms with Crippen LogP contribution in [0.1, 0.15) is 33.0 Å². The van der Waals surface area contributed by atoms with Crippen molar-refractivity contribution < 1.29 is 19.0 Å². The smallest absolute Gasteiger partial charge is 0.343 e. The van der Waals surface area contributed by atoms with Crippen molar-refractivity contribution >= 4 is 5.97 Å². The van der Waals surface area contributed by atoms with Crippen LogP contribution in [0.3, 0.4) is 0 Å². The summed E-state index contributed by atoms with van der Waals surface area (Å²) in [6.07, 6.45) is 1.67. The van der Waals surface area contributed by atoms with Crippen LogP contribution in [0, 0.1) is 18.3 Å². The number of esters is 1. The lowest BCUT2D eigenvalue weighted by molar-refractivity contribution is 0.0734. The monoisotopic (exact) mass is 438 g/mol. The standard InChI is InChI=1S/C27H22N2O4/c1-3-14-31-20-10-8-18(9-11-20)25-22-13-12-21(15-24(22)33-26(29)23(25)16-28)32-27(30)19-6-4-17(2)5-7-19/h3-13,15,25H,1,14,29H2,2H3. The molecule has 0 spiro atoms. The van der Waals surface area contributed by atoms with Gasteiger partial charge in [0.2, 0.25) is 5.88 Å². The SMILES string of the molecule is C=CCOc1ccc(C2C(C#N)=C(N)Oc3cc(OC(=O)c4ccc(C)cc4)ccc32)cc1. The highest BCUT2D eigenvalue weighted by molar-refractivity contribution is 5.91. The molecule has 6 nitrogen and oxygen atoms in total. The number of hydrogen-bond donors (Lipinski definition) is 1. The number of rotatable bonds is 6. The van der Waals surface area contributed by atoms with Crippen LogP contribution in [0.15, 0.2) is 90.8 Å². The number of hydrogen-bond acceptors (Lipinski definition) is 6. The summed E-state index contributed by atoms with van der Waals surface area (Å²) in [5, 5.41) is 9.74. The fourth-order valence-corrected chi connectivity index (χ4v) is 3.61. The van der Waals surface area contributed by atoms with Crippen LogP contribution in [-0.2, 0) is 0 Å². The molecule has 3 aromatic rings. The third-order valence-corrected chi connectivity index (χ3v) is 5.27. The van der Waals surface area contributed by atoms with Gasteiger partial charge in [0.15, 0.2) is 0 Å². The first kappa shape index (κ1) is 21.7. The Balaban J connectivity index is 1.64. The minimum absolute atomic E-state index is 0.0176. The Morgan fingerprint density at radius 3 is 2.48 bits per heavy atom. The molecule has 0 aromatic heterocycles. The van der Waals surface area contributed by atoms with Crippen LogP contribution < -0.4 is 19.9 Å². The van der Waals surface area contributed by atoms with E-state index in [4.69, 9.17) is 19.9 Å². The minimum Gasteiger partial charge on any atom is -0.490 e. The van der Waals surface area contributed by atoms with Crippen molar-refractivity contribution in [2.45, 2.75) is 12.8 Å². The number of allylic oxidation sites excluding steroid dienone is 1. The average Bonchev–Trinajstić information content (AvgIpc) is 2.82. The minimum atomic E-state index is -0.473. The van der Waals surface area contributed by atoms with E-state index in [9.17, 15) is 10.1 Å². The molecule has 0 aliphatic carbocycles. The highest BCUT2D eigenvalue weighted by Gasteiger charge is 2.31. The van der Waals surface area contributed by atoms with Gasteiger partial charge in [-0.3, -0.25) is 0 Å². The Hall–Kier alpha value is -4.50. The Kier molecular flexibility index (Phi) is 6.14. The predicted molar refractivity (Wildman–Crippen MR) is 124 cm³/mol. The Labute approximate surface area is 192 Å². The number of nitrogens with two attached hydrogens (primary N) is 1. The van der Waals surface area contributed by atoms with Gasteiger partial charge < -0.3 is 19.9 Å². The molecule has 0 saturated carbocycles. The number of carbonyl (C=O) groups is 1. The first-order valence-corrected chi connectivity index (χ1v) is 10.3. The molecule has 1 aliphatic heterocycles. The van der Waals surface area contributed by atoms with E-state index in [1.54, 1.807) is 36.4 Å². The summed E-state index contributed by atoms with van der Waals surface area (Å²) in [4.78, 5) is 12.5. The number of ether oxygens (including phenoxy) is 3. The molecule has 1 heterocycles. The van der Waals surface area contributed by atoms with Gasteiger partial charge in [0.05, 0.1) is 11.5 Å². The Morgan fingerprint density at radius 2 is 1.82 bits per heavy atom. The number of fused-ring (bicyclic) bond motifs is 1. The summed E-state index contributed by atoms with van der Waals surface area (Å²) in [6.45, 7) is 5.99. The lowest BCUT2D eigenvalue weighted by Gasteiger charge is -2.26. The summed E-state index contributed by atoms with van der Waals surface area (Å²) in [5.74, 6) is 0.564. The number of carbonyl (C=O) groups excluding carboxylic acids is 1. The number of aryl methyl sites for hydroxylation is 1. The molecule has 0 bridgehead atoms. The van der Waals surface area contributed by atoms with Gasteiger partial charge in [-0.05, 0) is 42.8 Å². The third kappa shape index (κ3) is 4.58. The van der Waals surface area contributed by atoms with E-state index in [1.165, 1.54) is 0 Å². The topological polar surface area (TPSA) is 94.6 Å². The second kappa shape index (κ2) is 9.33. The van der Waals surface area contributed by atoms with Crippen molar-refractivity contribution in [1.29, 1.82) is 5.26 Å². The van der Waals surface area contributed by atoms with Crippen molar-refractivity contribution in [3.63, 3.8) is 0 Å². The summed E-state index contributed by atoms with van der Waals surface area (Å²) >= 11 is 0. The zero-order valence-electron chi connectivity index (χ0n) is 18.1. The largest absolute Gasteiger partial charge is 0.490 e. The Morgan fingerprint density at radius 1 is 1.12 bits per heavy atom. The molecule has 0 radical (unpaired) electrons. The lowest BCUT2D eigenvalue weighted by atomic mass is 9.83. The van der Waals surface area contributed by atoms with Crippen molar-refractivity contribution in [2.24, 2.45) is 5.73 Å². The van der Waals surface area contributed by atoms with E-state index < -0.39 is 11.9 Å². The van der Waals surface area contributed by atoms with Crippen molar-refractivity contribution in [3.05, 3.63) is 113 Å². The maximum atomic E-state index is 12.5. The van der Waals surface area contributed by atoms with Gasteiger partial charge in [-0.15, -0.1) is 0 Å². The molecule has 2 N–H and O–H groups in total. The molecule has 1 aliphatic rings. The molecular weight excluding hydrogens is 416 g/mol. The maximum absolute atomic E-state index is 12.5. The fourth-order valence-electron chi connectivity index (χ4n) is 3.61. The van der Waals surface area contributed by atoms with Gasteiger partial charge in [0.25, 0.3) is 0 Å². The van der Waals surface area contributed by atoms with Crippen LogP contribution >= 0.6 is 0 Å². The summed E-state index contributed by atoms with van der Waals surface area (Å²) in [6, 6.07) is 21.8. The van der Waals surface area contributed by atoms with Gasteiger partial charge in [-0.2, -0.15) is 5.26 Å². The van der Waals surface area contributed by atoms with E-state index in [0.29, 0.717) is 35.0 Å². The third-order valence-electron chi connectivity index (χ3n) is 5.27. The van der Waals surface area contributed by atoms with E-state index in [1.807, 2.05) is 43.3 Å². The fraction of sp³-hybridized carbons (Fsp3) is 0.111. The second-order valence-corrected chi connectivity index (χ2v) is 7.55. The highest BCUT2D eigenvalue weighted by atomic mass is 16.5. The normalized spacial score (nSPS) is 14.5. The molecule has 6 heteroatoms.